The van der Waals surface area contributed by atoms with Crippen LogP contribution in [0.15, 0.2) is 0 Å². The van der Waals surface area contributed by atoms with Crippen LogP contribution in [0.4, 0.5) is 0 Å². The van der Waals surface area contributed by atoms with Crippen molar-refractivity contribution in [2.24, 2.45) is 0 Å². The number of rotatable bonds is 1. The van der Waals surface area contributed by atoms with Gasteiger partial charge in [-0.25, -0.2) is 4.79 Å². The first-order valence-electron chi connectivity index (χ1n) is 3.22. The Morgan fingerprint density at radius 2 is 2.38 bits per heavy atom. The Morgan fingerprint density at radius 1 is 1.62 bits per heavy atom. The van der Waals surface area contributed by atoms with Crippen LogP contribution < -0.4 is 0 Å². The molecular formula is C6H3ClN2O2S2. The zero-order valence-corrected chi connectivity index (χ0v) is 8.79. The summed E-state index contributed by atoms with van der Waals surface area (Å²) in [6.45, 7) is 0. The van der Waals surface area contributed by atoms with Crippen molar-refractivity contribution in [3.05, 3.63) is 9.90 Å². The van der Waals surface area contributed by atoms with Crippen LogP contribution in [-0.2, 0) is 4.74 Å². The molecule has 0 amide bonds. The number of halogens is 1. The van der Waals surface area contributed by atoms with E-state index in [0.29, 0.717) is 19.4 Å². The van der Waals surface area contributed by atoms with Crippen LogP contribution in [0.5, 0.6) is 0 Å². The van der Waals surface area contributed by atoms with Crippen molar-refractivity contribution >= 4 is 50.0 Å². The largest absolute Gasteiger partial charge is 0.465 e. The summed E-state index contributed by atoms with van der Waals surface area (Å²) >= 11 is 8.21. The van der Waals surface area contributed by atoms with Gasteiger partial charge in [-0.3, -0.25) is 0 Å². The molecular weight excluding hydrogens is 232 g/mol. The molecule has 0 aliphatic carbocycles. The van der Waals surface area contributed by atoms with E-state index in [1.807, 2.05) is 0 Å². The van der Waals surface area contributed by atoms with Gasteiger partial charge in [0.2, 0.25) is 0 Å². The lowest BCUT2D eigenvalue weighted by Gasteiger charge is -1.94. The molecule has 0 bridgehead atoms. The Balaban J connectivity index is 2.70. The monoisotopic (exact) mass is 234 g/mol. The van der Waals surface area contributed by atoms with Gasteiger partial charge in [0.15, 0.2) is 4.83 Å². The fourth-order valence-electron chi connectivity index (χ4n) is 0.902. The SMILES string of the molecule is COC(=O)c1c(Cl)sc2nnsc12. The third-order valence-corrected chi connectivity index (χ3v) is 3.61. The summed E-state index contributed by atoms with van der Waals surface area (Å²) in [5, 5.41) is 3.81. The van der Waals surface area contributed by atoms with Crippen LogP contribution in [0.25, 0.3) is 9.53 Å². The fourth-order valence-corrected chi connectivity index (χ4v) is 3.04. The standard InChI is InChI=1S/C6H3ClN2O2S2/c1-11-6(10)2-3-5(8-9-13-3)12-4(2)7/h1H3. The molecule has 0 saturated carbocycles. The molecule has 0 radical (unpaired) electrons. The van der Waals surface area contributed by atoms with Crippen molar-refractivity contribution in [3.8, 4) is 0 Å². The second kappa shape index (κ2) is 3.21. The van der Waals surface area contributed by atoms with Gasteiger partial charge >= 0.3 is 5.97 Å². The van der Waals surface area contributed by atoms with Crippen LogP contribution in [0.2, 0.25) is 4.34 Å². The first kappa shape index (κ1) is 8.86. The van der Waals surface area contributed by atoms with Crippen LogP contribution in [-0.4, -0.2) is 22.7 Å². The summed E-state index contributed by atoms with van der Waals surface area (Å²) in [5.41, 5.74) is 0.374. The van der Waals surface area contributed by atoms with Gasteiger partial charge in [0.1, 0.15) is 14.6 Å². The summed E-state index contributed by atoms with van der Waals surface area (Å²) in [7, 11) is 1.32. The number of fused-ring (bicyclic) bond motifs is 1. The molecule has 4 nitrogen and oxygen atoms in total. The number of hydrogen-bond donors (Lipinski definition) is 0. The summed E-state index contributed by atoms with van der Waals surface area (Å²) < 4.78 is 9.40. The number of carbonyl (C=O) groups excluding carboxylic acids is 1. The first-order valence-corrected chi connectivity index (χ1v) is 5.19. The fraction of sp³-hybridized carbons (Fsp3) is 0.167. The number of aromatic nitrogens is 2. The summed E-state index contributed by atoms with van der Waals surface area (Å²) in [5.74, 6) is -0.442. The second-order valence-electron chi connectivity index (χ2n) is 2.15. The van der Waals surface area contributed by atoms with Gasteiger partial charge in [-0.1, -0.05) is 27.4 Å². The van der Waals surface area contributed by atoms with E-state index >= 15 is 0 Å². The van der Waals surface area contributed by atoms with Crippen molar-refractivity contribution in [3.63, 3.8) is 0 Å². The molecule has 2 rings (SSSR count). The van der Waals surface area contributed by atoms with E-state index in [-0.39, 0.29) is 0 Å². The third-order valence-electron chi connectivity index (χ3n) is 1.46. The van der Waals surface area contributed by atoms with Crippen LogP contribution >= 0.6 is 34.5 Å². The van der Waals surface area contributed by atoms with E-state index in [2.05, 4.69) is 14.3 Å². The lowest BCUT2D eigenvalue weighted by atomic mass is 10.3. The Hall–Kier alpha value is -0.720. The van der Waals surface area contributed by atoms with Crippen LogP contribution in [0.3, 0.4) is 0 Å². The summed E-state index contributed by atoms with van der Waals surface area (Å²) in [6, 6.07) is 0. The first-order chi connectivity index (χ1) is 6.24. The minimum absolute atomic E-state index is 0.374. The second-order valence-corrected chi connectivity index (χ2v) is 4.50. The topological polar surface area (TPSA) is 52.1 Å². The zero-order valence-electron chi connectivity index (χ0n) is 6.41. The molecule has 0 aliphatic heterocycles. The molecule has 2 aromatic heterocycles. The van der Waals surface area contributed by atoms with E-state index in [1.54, 1.807) is 0 Å². The lowest BCUT2D eigenvalue weighted by molar-refractivity contribution is 0.0604. The van der Waals surface area contributed by atoms with Gasteiger partial charge in [-0.2, -0.15) is 0 Å². The molecule has 0 saturated heterocycles. The Morgan fingerprint density at radius 3 is 3.08 bits per heavy atom. The minimum atomic E-state index is -0.442. The van der Waals surface area contributed by atoms with Crippen LogP contribution in [0.1, 0.15) is 10.4 Å². The van der Waals surface area contributed by atoms with Crippen molar-refractivity contribution in [2.45, 2.75) is 0 Å². The molecule has 7 heteroatoms. The van der Waals surface area contributed by atoms with Gasteiger partial charge in [0.25, 0.3) is 0 Å². The van der Waals surface area contributed by atoms with Gasteiger partial charge in [-0.15, -0.1) is 5.10 Å². The molecule has 0 aliphatic rings. The van der Waals surface area contributed by atoms with E-state index in [4.69, 9.17) is 11.6 Å². The van der Waals surface area contributed by atoms with Crippen molar-refractivity contribution < 1.29 is 9.53 Å². The van der Waals surface area contributed by atoms with E-state index in [0.717, 1.165) is 11.5 Å². The van der Waals surface area contributed by atoms with Crippen molar-refractivity contribution in [1.82, 2.24) is 9.59 Å². The highest BCUT2D eigenvalue weighted by molar-refractivity contribution is 7.27. The number of esters is 1. The maximum Gasteiger partial charge on any atom is 0.341 e. The van der Waals surface area contributed by atoms with Crippen LogP contribution in [0, 0.1) is 0 Å². The van der Waals surface area contributed by atoms with Gasteiger partial charge in [0, 0.05) is 0 Å². The Labute approximate surface area is 86.3 Å². The minimum Gasteiger partial charge on any atom is -0.465 e. The molecule has 2 aromatic rings. The molecule has 2 heterocycles. The average molecular weight is 235 g/mol. The molecule has 0 unspecified atom stereocenters. The molecule has 0 fully saturated rings. The molecule has 0 atom stereocenters. The number of carbonyl (C=O) groups is 1. The number of ether oxygens (including phenoxy) is 1. The van der Waals surface area contributed by atoms with Gasteiger partial charge < -0.3 is 4.74 Å². The highest BCUT2D eigenvalue weighted by Crippen LogP contribution is 2.36. The van der Waals surface area contributed by atoms with E-state index in [1.165, 1.54) is 18.4 Å². The molecule has 0 aromatic carbocycles. The zero-order chi connectivity index (χ0) is 9.42. The summed E-state index contributed by atoms with van der Waals surface area (Å²) in [6.07, 6.45) is 0. The molecule has 0 N–H and O–H groups in total. The number of nitrogens with zero attached hydrogens (tertiary/aromatic N) is 2. The smallest absolute Gasteiger partial charge is 0.341 e. The maximum atomic E-state index is 11.3. The predicted octanol–water partition coefficient (Wildman–Crippen LogP) is 2.19. The van der Waals surface area contributed by atoms with E-state index < -0.39 is 5.97 Å². The van der Waals surface area contributed by atoms with Gasteiger partial charge in [-0.05, 0) is 11.5 Å². The average Bonchev–Trinajstić information content (AvgIpc) is 2.62. The lowest BCUT2D eigenvalue weighted by Crippen LogP contribution is -1.99. The third kappa shape index (κ3) is 1.31. The number of methoxy groups -OCH3 is 1. The Bertz CT molecular complexity index is 464. The highest BCUT2D eigenvalue weighted by atomic mass is 35.5. The Kier molecular flexibility index (Phi) is 2.19. The predicted molar refractivity (Wildman–Crippen MR) is 51.6 cm³/mol. The van der Waals surface area contributed by atoms with Gasteiger partial charge in [0.05, 0.1) is 7.11 Å². The molecule has 0 spiro atoms. The normalized spacial score (nSPS) is 10.6. The quantitative estimate of drug-likeness (QED) is 0.710. The van der Waals surface area contributed by atoms with E-state index in [9.17, 15) is 4.79 Å². The van der Waals surface area contributed by atoms with Crippen molar-refractivity contribution in [2.75, 3.05) is 7.11 Å². The maximum absolute atomic E-state index is 11.3. The molecule has 13 heavy (non-hydrogen) atoms. The highest BCUT2D eigenvalue weighted by Gasteiger charge is 2.20. The molecule has 68 valence electrons. The van der Waals surface area contributed by atoms with Crippen molar-refractivity contribution in [1.29, 1.82) is 0 Å². The number of thiophene rings is 1. The number of hydrogen-bond acceptors (Lipinski definition) is 6. The summed E-state index contributed by atoms with van der Waals surface area (Å²) in [4.78, 5) is 11.9.